The Morgan fingerprint density at radius 1 is 0.730 bits per heavy atom. The average Bonchev–Trinajstić information content (AvgIpc) is 3.29. The first-order chi connectivity index (χ1) is 18.1. The van der Waals surface area contributed by atoms with Crippen molar-refractivity contribution in [2.24, 2.45) is 0 Å². The number of hydrogen-bond acceptors (Lipinski definition) is 2. The van der Waals surface area contributed by atoms with Crippen LogP contribution in [0.2, 0.25) is 5.02 Å². The first-order valence-electron chi connectivity index (χ1n) is 12.1. The molecule has 6 rings (SSSR count). The Labute approximate surface area is 229 Å². The summed E-state index contributed by atoms with van der Waals surface area (Å²) in [6.07, 6.45) is 1.83. The summed E-state index contributed by atoms with van der Waals surface area (Å²) in [5.74, 6) is 0. The van der Waals surface area contributed by atoms with E-state index < -0.39 is 5.54 Å². The van der Waals surface area contributed by atoms with Crippen molar-refractivity contribution >= 4 is 38.4 Å². The summed E-state index contributed by atoms with van der Waals surface area (Å²) in [6, 6.07) is 39.8. The maximum atomic E-state index is 6.73. The van der Waals surface area contributed by atoms with Crippen molar-refractivity contribution in [3.63, 3.8) is 0 Å². The molecular weight excluding hydrogens is 542 g/mol. The summed E-state index contributed by atoms with van der Waals surface area (Å²) in [4.78, 5) is 4.41. The second kappa shape index (κ2) is 9.62. The maximum absolute atomic E-state index is 6.73. The molecule has 6 aromatic rings. The minimum Gasteiger partial charge on any atom is -0.262 e. The van der Waals surface area contributed by atoms with E-state index in [-0.39, 0.29) is 0 Å². The molecule has 5 heteroatoms. The topological polar surface area (TPSA) is 30.7 Å². The van der Waals surface area contributed by atoms with Gasteiger partial charge in [0, 0.05) is 27.3 Å². The monoisotopic (exact) mass is 563 g/mol. The van der Waals surface area contributed by atoms with Crippen LogP contribution in [0.25, 0.3) is 22.2 Å². The van der Waals surface area contributed by atoms with E-state index in [1.54, 1.807) is 0 Å². The van der Waals surface area contributed by atoms with E-state index in [1.807, 2.05) is 43.5 Å². The van der Waals surface area contributed by atoms with Crippen molar-refractivity contribution < 1.29 is 0 Å². The van der Waals surface area contributed by atoms with Gasteiger partial charge in [-0.3, -0.25) is 4.98 Å². The highest BCUT2D eigenvalue weighted by Crippen LogP contribution is 2.45. The van der Waals surface area contributed by atoms with Crippen molar-refractivity contribution in [1.82, 2.24) is 14.8 Å². The number of aromatic nitrogens is 3. The number of halogens is 2. The summed E-state index contributed by atoms with van der Waals surface area (Å²) in [5.41, 5.74) is 6.33. The molecule has 0 bridgehead atoms. The lowest BCUT2D eigenvalue weighted by molar-refractivity contribution is 0.477. The fourth-order valence-corrected chi connectivity index (χ4v) is 5.68. The summed E-state index contributed by atoms with van der Waals surface area (Å²) in [6.45, 7) is 2.00. The molecule has 0 amide bonds. The van der Waals surface area contributed by atoms with Gasteiger partial charge in [0.1, 0.15) is 11.2 Å². The molecule has 0 fully saturated rings. The molecule has 0 radical (unpaired) electrons. The fourth-order valence-electron chi connectivity index (χ4n) is 5.18. The van der Waals surface area contributed by atoms with E-state index in [4.69, 9.17) is 16.7 Å². The lowest BCUT2D eigenvalue weighted by atomic mass is 9.77. The van der Waals surface area contributed by atoms with Crippen LogP contribution in [0.3, 0.4) is 0 Å². The Balaban J connectivity index is 1.82. The molecule has 0 N–H and O–H groups in total. The van der Waals surface area contributed by atoms with Gasteiger partial charge in [-0.05, 0) is 63.8 Å². The summed E-state index contributed by atoms with van der Waals surface area (Å²) in [7, 11) is 0. The Morgan fingerprint density at radius 2 is 1.27 bits per heavy atom. The zero-order valence-corrected chi connectivity index (χ0v) is 22.5. The maximum Gasteiger partial charge on any atom is 0.138 e. The Hall–Kier alpha value is -3.73. The highest BCUT2D eigenvalue weighted by Gasteiger charge is 2.41. The molecule has 180 valence electrons. The SMILES string of the molecule is Cc1cc(-c2nn(C(c3ccccc3)(c3ccccc3)c3ccccc3)c3cc(Cl)c(Br)cc23)ccn1. The van der Waals surface area contributed by atoms with Crippen molar-refractivity contribution in [2.75, 3.05) is 0 Å². The first kappa shape index (κ1) is 23.7. The van der Waals surface area contributed by atoms with Gasteiger partial charge < -0.3 is 0 Å². The van der Waals surface area contributed by atoms with E-state index in [0.717, 1.165) is 49.0 Å². The van der Waals surface area contributed by atoms with Gasteiger partial charge >= 0.3 is 0 Å². The summed E-state index contributed by atoms with van der Waals surface area (Å²) >= 11 is 10.4. The van der Waals surface area contributed by atoms with Crippen LogP contribution in [0.15, 0.2) is 126 Å². The molecule has 2 aromatic heterocycles. The van der Waals surface area contributed by atoms with Crippen molar-refractivity contribution in [3.8, 4) is 11.3 Å². The number of rotatable bonds is 5. The van der Waals surface area contributed by atoms with Crippen LogP contribution in [0.5, 0.6) is 0 Å². The average molecular weight is 565 g/mol. The number of hydrogen-bond donors (Lipinski definition) is 0. The normalized spacial score (nSPS) is 11.6. The predicted molar refractivity (Wildman–Crippen MR) is 155 cm³/mol. The molecule has 0 aliphatic rings. The third-order valence-corrected chi connectivity index (χ3v) is 7.98. The van der Waals surface area contributed by atoms with Crippen LogP contribution in [0.4, 0.5) is 0 Å². The number of nitrogens with zero attached hydrogens (tertiary/aromatic N) is 3. The molecule has 0 unspecified atom stereocenters. The highest BCUT2D eigenvalue weighted by molar-refractivity contribution is 9.10. The summed E-state index contributed by atoms with van der Waals surface area (Å²) in [5, 5.41) is 7.04. The molecule has 0 saturated carbocycles. The van der Waals surface area contributed by atoms with Gasteiger partial charge in [-0.1, -0.05) is 103 Å². The lowest BCUT2D eigenvalue weighted by Gasteiger charge is -2.37. The second-order valence-electron chi connectivity index (χ2n) is 9.04. The fraction of sp³-hybridized carbons (Fsp3) is 0.0625. The van der Waals surface area contributed by atoms with Crippen LogP contribution in [-0.4, -0.2) is 14.8 Å². The number of aryl methyl sites for hydroxylation is 1. The summed E-state index contributed by atoms with van der Waals surface area (Å²) < 4.78 is 2.98. The molecular formula is C32H23BrClN3. The predicted octanol–water partition coefficient (Wildman–Crippen LogP) is 8.66. The Bertz CT molecular complexity index is 1600. The molecule has 4 aromatic carbocycles. The zero-order valence-electron chi connectivity index (χ0n) is 20.1. The molecule has 0 aliphatic heterocycles. The highest BCUT2D eigenvalue weighted by atomic mass is 79.9. The van der Waals surface area contributed by atoms with E-state index >= 15 is 0 Å². The van der Waals surface area contributed by atoms with Crippen LogP contribution in [0, 0.1) is 6.92 Å². The van der Waals surface area contributed by atoms with Crippen molar-refractivity contribution in [3.05, 3.63) is 153 Å². The van der Waals surface area contributed by atoms with Gasteiger partial charge in [-0.2, -0.15) is 5.10 Å². The second-order valence-corrected chi connectivity index (χ2v) is 10.3. The number of fused-ring (bicyclic) bond motifs is 1. The first-order valence-corrected chi connectivity index (χ1v) is 13.2. The quantitative estimate of drug-likeness (QED) is 0.196. The number of benzene rings is 4. The Kier molecular flexibility index (Phi) is 6.15. The molecule has 0 aliphatic carbocycles. The van der Waals surface area contributed by atoms with Gasteiger partial charge in [0.15, 0.2) is 0 Å². The molecule has 3 nitrogen and oxygen atoms in total. The minimum absolute atomic E-state index is 0.634. The third-order valence-electron chi connectivity index (χ3n) is 6.78. The lowest BCUT2D eigenvalue weighted by Crippen LogP contribution is -2.38. The third kappa shape index (κ3) is 3.97. The van der Waals surface area contributed by atoms with Crippen LogP contribution in [0.1, 0.15) is 22.4 Å². The van der Waals surface area contributed by atoms with E-state index in [2.05, 4.69) is 111 Å². The standard InChI is InChI=1S/C32H23BrClN3/c1-22-19-23(17-18-35-22)31-27-20-28(33)29(34)21-30(27)37(36-31)32(24-11-5-2-6-12-24,25-13-7-3-8-14-25)26-15-9-4-10-16-26/h2-21H,1H3. The van der Waals surface area contributed by atoms with Gasteiger partial charge in [0.2, 0.25) is 0 Å². The van der Waals surface area contributed by atoms with Crippen LogP contribution < -0.4 is 0 Å². The van der Waals surface area contributed by atoms with Crippen LogP contribution >= 0.6 is 27.5 Å². The number of pyridine rings is 1. The molecule has 2 heterocycles. The van der Waals surface area contributed by atoms with E-state index in [0.29, 0.717) is 5.02 Å². The Morgan fingerprint density at radius 3 is 1.78 bits per heavy atom. The molecule has 0 atom stereocenters. The van der Waals surface area contributed by atoms with E-state index in [9.17, 15) is 0 Å². The van der Waals surface area contributed by atoms with Crippen molar-refractivity contribution in [2.45, 2.75) is 12.5 Å². The van der Waals surface area contributed by atoms with E-state index in [1.165, 1.54) is 0 Å². The smallest absolute Gasteiger partial charge is 0.138 e. The molecule has 0 spiro atoms. The van der Waals surface area contributed by atoms with Crippen molar-refractivity contribution in [1.29, 1.82) is 0 Å². The molecule has 37 heavy (non-hydrogen) atoms. The largest absolute Gasteiger partial charge is 0.262 e. The minimum atomic E-state index is -0.750. The van der Waals surface area contributed by atoms with Gasteiger partial charge in [-0.25, -0.2) is 4.68 Å². The van der Waals surface area contributed by atoms with Crippen LogP contribution in [-0.2, 0) is 5.54 Å². The van der Waals surface area contributed by atoms with Gasteiger partial charge in [-0.15, -0.1) is 0 Å². The molecule has 0 saturated heterocycles. The van der Waals surface area contributed by atoms with Gasteiger partial charge in [0.25, 0.3) is 0 Å². The van der Waals surface area contributed by atoms with Gasteiger partial charge in [0.05, 0.1) is 10.5 Å². The zero-order chi connectivity index (χ0) is 25.4.